The monoisotopic (exact) mass is 726 g/mol. The van der Waals surface area contributed by atoms with E-state index in [1.807, 2.05) is 36.4 Å². The molecular weight excluding hydrogens is 693 g/mol. The Labute approximate surface area is 330 Å². The van der Waals surface area contributed by atoms with E-state index >= 15 is 0 Å². The molecule has 3 aromatic heterocycles. The highest BCUT2D eigenvalue weighted by molar-refractivity contribution is 6.20. The summed E-state index contributed by atoms with van der Waals surface area (Å²) in [7, 11) is 0. The summed E-state index contributed by atoms with van der Waals surface area (Å²) in [6.45, 7) is 0. The third-order valence-electron chi connectivity index (χ3n) is 11.0. The third kappa shape index (κ3) is 5.74. The second-order valence-electron chi connectivity index (χ2n) is 14.4. The van der Waals surface area contributed by atoms with Gasteiger partial charge in [-0.1, -0.05) is 164 Å². The highest BCUT2D eigenvalue weighted by Crippen LogP contribution is 2.41. The van der Waals surface area contributed by atoms with Crippen molar-refractivity contribution in [3.63, 3.8) is 0 Å². The first-order chi connectivity index (χ1) is 28.2. The first-order valence-corrected chi connectivity index (χ1v) is 19.3. The molecule has 0 bridgehead atoms. The van der Waals surface area contributed by atoms with Gasteiger partial charge >= 0.3 is 0 Å². The molecule has 0 saturated heterocycles. The van der Waals surface area contributed by atoms with Crippen LogP contribution >= 0.6 is 0 Å². The molecule has 11 aromatic rings. The lowest BCUT2D eigenvalue weighted by atomic mass is 9.96. The van der Waals surface area contributed by atoms with E-state index in [1.165, 1.54) is 27.2 Å². The average Bonchev–Trinajstić information content (AvgIpc) is 3.62. The van der Waals surface area contributed by atoms with Crippen molar-refractivity contribution in [1.82, 2.24) is 19.5 Å². The Morgan fingerprint density at radius 3 is 1.53 bits per heavy atom. The van der Waals surface area contributed by atoms with Crippen molar-refractivity contribution in [2.45, 2.75) is 0 Å². The minimum atomic E-state index is 0.695. The first-order valence-electron chi connectivity index (χ1n) is 19.3. The van der Waals surface area contributed by atoms with Crippen LogP contribution in [0.3, 0.4) is 0 Å². The predicted molar refractivity (Wildman–Crippen MR) is 236 cm³/mol. The summed E-state index contributed by atoms with van der Waals surface area (Å²) in [6.07, 6.45) is 0. The van der Waals surface area contributed by atoms with Crippen LogP contribution < -0.4 is 0 Å². The summed E-state index contributed by atoms with van der Waals surface area (Å²) in [4.78, 5) is 15.5. The van der Waals surface area contributed by atoms with Crippen molar-refractivity contribution in [2.24, 2.45) is 0 Å². The largest absolute Gasteiger partial charge is 0.309 e. The molecule has 0 saturated carbocycles. The number of benzene rings is 8. The molecule has 0 spiro atoms. The molecule has 0 amide bonds. The standard InChI is InChI=1S/C53H34N4/c1-5-15-36(16-6-1)47-34-48(37-17-7-2-8-18-37)56-53(55-47)39-27-25-35(26-28-39)40-29-30-42-44-33-51-45(32-46(44)52(54-49(42)31-40)38-19-9-3-10-20-38)43-23-13-14-24-50(43)57(51)41-21-11-4-12-22-41/h1-34H. The van der Waals surface area contributed by atoms with E-state index in [0.29, 0.717) is 5.82 Å². The summed E-state index contributed by atoms with van der Waals surface area (Å²) in [5, 5.41) is 5.88. The maximum Gasteiger partial charge on any atom is 0.160 e. The molecule has 266 valence electrons. The van der Waals surface area contributed by atoms with E-state index in [9.17, 15) is 0 Å². The molecule has 11 rings (SSSR count). The van der Waals surface area contributed by atoms with Crippen LogP contribution in [-0.4, -0.2) is 19.5 Å². The van der Waals surface area contributed by atoms with Crippen molar-refractivity contribution in [2.75, 3.05) is 0 Å². The molecule has 57 heavy (non-hydrogen) atoms. The number of para-hydroxylation sites is 2. The summed E-state index contributed by atoms with van der Waals surface area (Å²) in [5.41, 5.74) is 13.6. The number of fused-ring (bicyclic) bond motifs is 6. The SMILES string of the molecule is c1ccc(-c2cc(-c3ccccc3)nc(-c3ccc(-c4ccc5c(c4)nc(-c4ccccc4)c4cc6c7ccccc7n(-c7ccccc7)c6cc45)cc3)n2)cc1. The topological polar surface area (TPSA) is 43.6 Å². The van der Waals surface area contributed by atoms with Crippen molar-refractivity contribution < 1.29 is 0 Å². The van der Waals surface area contributed by atoms with Crippen LogP contribution in [0.25, 0.3) is 105 Å². The number of hydrogen-bond acceptors (Lipinski definition) is 3. The van der Waals surface area contributed by atoms with E-state index in [2.05, 4.69) is 174 Å². The van der Waals surface area contributed by atoms with Crippen molar-refractivity contribution in [1.29, 1.82) is 0 Å². The molecule has 3 heterocycles. The molecule has 0 fully saturated rings. The van der Waals surface area contributed by atoms with Crippen LogP contribution in [0.5, 0.6) is 0 Å². The number of rotatable bonds is 6. The minimum absolute atomic E-state index is 0.695. The Morgan fingerprint density at radius 2 is 0.860 bits per heavy atom. The Hall–Kier alpha value is -7.69. The lowest BCUT2D eigenvalue weighted by molar-refractivity contribution is 1.18. The van der Waals surface area contributed by atoms with Crippen molar-refractivity contribution in [3.8, 4) is 62.0 Å². The van der Waals surface area contributed by atoms with Crippen LogP contribution in [0.4, 0.5) is 0 Å². The molecule has 0 aliphatic rings. The van der Waals surface area contributed by atoms with Gasteiger partial charge in [-0.3, -0.25) is 0 Å². The molecule has 8 aromatic carbocycles. The zero-order chi connectivity index (χ0) is 37.7. The zero-order valence-electron chi connectivity index (χ0n) is 30.9. The number of nitrogens with zero attached hydrogens (tertiary/aromatic N) is 4. The van der Waals surface area contributed by atoms with E-state index in [-0.39, 0.29) is 0 Å². The fourth-order valence-corrected chi connectivity index (χ4v) is 8.22. The molecule has 0 N–H and O–H groups in total. The number of hydrogen-bond donors (Lipinski definition) is 0. The molecule has 0 unspecified atom stereocenters. The van der Waals surface area contributed by atoms with Gasteiger partial charge in [0.15, 0.2) is 5.82 Å². The van der Waals surface area contributed by atoms with Gasteiger partial charge in [0.05, 0.1) is 33.6 Å². The van der Waals surface area contributed by atoms with Crippen molar-refractivity contribution in [3.05, 3.63) is 206 Å². The van der Waals surface area contributed by atoms with Gasteiger partial charge in [-0.2, -0.15) is 0 Å². The lowest BCUT2D eigenvalue weighted by Crippen LogP contribution is -1.96. The summed E-state index contributed by atoms with van der Waals surface area (Å²) >= 11 is 0. The van der Waals surface area contributed by atoms with Gasteiger partial charge in [0.1, 0.15) is 0 Å². The fourth-order valence-electron chi connectivity index (χ4n) is 8.22. The minimum Gasteiger partial charge on any atom is -0.309 e. The van der Waals surface area contributed by atoms with Crippen LogP contribution in [0.2, 0.25) is 0 Å². The highest BCUT2D eigenvalue weighted by atomic mass is 15.0. The molecule has 0 aliphatic heterocycles. The number of pyridine rings is 1. The molecule has 4 heteroatoms. The van der Waals surface area contributed by atoms with Crippen molar-refractivity contribution >= 4 is 43.5 Å². The molecule has 0 atom stereocenters. The quantitative estimate of drug-likeness (QED) is 0.160. The van der Waals surface area contributed by atoms with E-state index in [0.717, 1.165) is 72.4 Å². The maximum atomic E-state index is 5.43. The van der Waals surface area contributed by atoms with Gasteiger partial charge in [-0.05, 0) is 59.0 Å². The number of aromatic nitrogens is 4. The van der Waals surface area contributed by atoms with E-state index in [1.54, 1.807) is 0 Å². The van der Waals surface area contributed by atoms with Gasteiger partial charge < -0.3 is 4.57 Å². The van der Waals surface area contributed by atoms with E-state index in [4.69, 9.17) is 15.0 Å². The van der Waals surface area contributed by atoms with Crippen LogP contribution in [0, 0.1) is 0 Å². The molecular formula is C53H34N4. The Kier molecular flexibility index (Phi) is 7.78. The maximum absolute atomic E-state index is 5.43. The fraction of sp³-hybridized carbons (Fsp3) is 0. The van der Waals surface area contributed by atoms with Crippen LogP contribution in [0.15, 0.2) is 206 Å². The van der Waals surface area contributed by atoms with Gasteiger partial charge in [0, 0.05) is 49.5 Å². The summed E-state index contributed by atoms with van der Waals surface area (Å²) in [5.74, 6) is 0.695. The predicted octanol–water partition coefficient (Wildman–Crippen LogP) is 13.6. The first kappa shape index (κ1) is 32.7. The average molecular weight is 727 g/mol. The van der Waals surface area contributed by atoms with Gasteiger partial charge in [-0.15, -0.1) is 0 Å². The molecule has 4 nitrogen and oxygen atoms in total. The summed E-state index contributed by atoms with van der Waals surface area (Å²) < 4.78 is 2.39. The Morgan fingerprint density at radius 1 is 0.298 bits per heavy atom. The normalized spacial score (nSPS) is 11.5. The van der Waals surface area contributed by atoms with E-state index < -0.39 is 0 Å². The van der Waals surface area contributed by atoms with Crippen LogP contribution in [0.1, 0.15) is 0 Å². The lowest BCUT2D eigenvalue weighted by Gasteiger charge is -2.13. The molecule has 0 radical (unpaired) electrons. The van der Waals surface area contributed by atoms with Gasteiger partial charge in [0.25, 0.3) is 0 Å². The second-order valence-corrected chi connectivity index (χ2v) is 14.4. The zero-order valence-corrected chi connectivity index (χ0v) is 30.9. The van der Waals surface area contributed by atoms with Crippen LogP contribution in [-0.2, 0) is 0 Å². The summed E-state index contributed by atoms with van der Waals surface area (Å²) in [6, 6.07) is 72.6. The Bertz CT molecular complexity index is 3190. The van der Waals surface area contributed by atoms with Gasteiger partial charge in [-0.25, -0.2) is 15.0 Å². The highest BCUT2D eigenvalue weighted by Gasteiger charge is 2.18. The Balaban J connectivity index is 1.06. The second kappa shape index (κ2) is 13.6. The third-order valence-corrected chi connectivity index (χ3v) is 11.0. The molecule has 0 aliphatic carbocycles. The van der Waals surface area contributed by atoms with Gasteiger partial charge in [0.2, 0.25) is 0 Å². The smallest absolute Gasteiger partial charge is 0.160 e.